The van der Waals surface area contributed by atoms with Crippen LogP contribution in [0, 0.1) is 0 Å². The van der Waals surface area contributed by atoms with Gasteiger partial charge in [0.25, 0.3) is 0 Å². The summed E-state index contributed by atoms with van der Waals surface area (Å²) in [6.45, 7) is 3.89. The molecule has 2 nitrogen and oxygen atoms in total. The van der Waals surface area contributed by atoms with Gasteiger partial charge in [-0.25, -0.2) is 0 Å². The molecular formula is C13H15BrF3NO. The Kier molecular flexibility index (Phi) is 5.40. The zero-order valence-electron chi connectivity index (χ0n) is 10.7. The van der Waals surface area contributed by atoms with E-state index in [0.717, 1.165) is 12.2 Å². The third kappa shape index (κ3) is 4.86. The molecular weight excluding hydrogens is 323 g/mol. The molecule has 0 N–H and O–H groups in total. The normalized spacial score (nSPS) is 16.2. The van der Waals surface area contributed by atoms with Crippen LogP contribution >= 0.6 is 15.9 Å². The van der Waals surface area contributed by atoms with Crippen molar-refractivity contribution in [2.75, 3.05) is 13.1 Å². The number of hydrogen-bond donors (Lipinski definition) is 0. The average Bonchev–Trinajstić information content (AvgIpc) is 2.46. The minimum atomic E-state index is -4.38. The van der Waals surface area contributed by atoms with Crippen LogP contribution in [0.4, 0.5) is 13.2 Å². The number of carbonyl (C=O) groups is 1. The second kappa shape index (κ2) is 6.41. The summed E-state index contributed by atoms with van der Waals surface area (Å²) in [6, 6.07) is 0. The first-order chi connectivity index (χ1) is 8.74. The Balaban J connectivity index is 3.00. The van der Waals surface area contributed by atoms with Gasteiger partial charge in [-0.2, -0.15) is 13.2 Å². The van der Waals surface area contributed by atoms with Crippen LogP contribution in [0.25, 0.3) is 0 Å². The predicted octanol–water partition coefficient (Wildman–Crippen LogP) is 3.95. The standard InChI is InChI=1S/C13H15BrF3NO/c1-3-18(9(2)19)8-10-6-11(13(15,16)17)4-5-12(14)7-10/h4-6H,3,7-8H2,1-2H3. The highest BCUT2D eigenvalue weighted by atomic mass is 79.9. The number of likely N-dealkylation sites (N-methyl/N-ethyl adjacent to an activating group) is 1. The first kappa shape index (κ1) is 16.0. The van der Waals surface area contributed by atoms with Crippen LogP contribution in [0.5, 0.6) is 0 Å². The third-order valence-corrected chi connectivity index (χ3v) is 3.29. The molecule has 0 heterocycles. The molecule has 0 unspecified atom stereocenters. The summed E-state index contributed by atoms with van der Waals surface area (Å²) >= 11 is 3.23. The average molecular weight is 338 g/mol. The van der Waals surface area contributed by atoms with Gasteiger partial charge in [0.2, 0.25) is 5.91 Å². The summed E-state index contributed by atoms with van der Waals surface area (Å²) in [5, 5.41) is 0. The second-order valence-corrected chi connectivity index (χ2v) is 5.26. The summed E-state index contributed by atoms with van der Waals surface area (Å²) in [7, 11) is 0. The first-order valence-corrected chi connectivity index (χ1v) is 6.61. The fourth-order valence-electron chi connectivity index (χ4n) is 1.74. The maximum Gasteiger partial charge on any atom is 0.416 e. The highest BCUT2D eigenvalue weighted by molar-refractivity contribution is 9.11. The van der Waals surface area contributed by atoms with Crippen molar-refractivity contribution >= 4 is 21.8 Å². The quantitative estimate of drug-likeness (QED) is 0.763. The van der Waals surface area contributed by atoms with Crippen LogP contribution in [-0.4, -0.2) is 30.1 Å². The van der Waals surface area contributed by atoms with E-state index in [1.54, 1.807) is 6.92 Å². The van der Waals surface area contributed by atoms with E-state index >= 15 is 0 Å². The summed E-state index contributed by atoms with van der Waals surface area (Å²) < 4.78 is 39.0. The Bertz CT molecular complexity index is 449. The van der Waals surface area contributed by atoms with Crippen LogP contribution in [0.3, 0.4) is 0 Å². The molecule has 6 heteroatoms. The molecule has 0 fully saturated rings. The minimum absolute atomic E-state index is 0.148. The van der Waals surface area contributed by atoms with Crippen LogP contribution in [0.15, 0.2) is 33.9 Å². The topological polar surface area (TPSA) is 20.3 Å². The maximum atomic E-state index is 12.8. The van der Waals surface area contributed by atoms with E-state index < -0.39 is 11.7 Å². The molecule has 106 valence electrons. The van der Waals surface area contributed by atoms with Crippen molar-refractivity contribution in [3.8, 4) is 0 Å². The first-order valence-electron chi connectivity index (χ1n) is 5.82. The smallest absolute Gasteiger partial charge is 0.339 e. The summed E-state index contributed by atoms with van der Waals surface area (Å²) in [6.07, 6.45) is -0.444. The molecule has 0 aromatic rings. The van der Waals surface area contributed by atoms with Gasteiger partial charge in [-0.3, -0.25) is 4.79 Å². The molecule has 0 spiro atoms. The number of carbonyl (C=O) groups excluding carboxylic acids is 1. The van der Waals surface area contributed by atoms with E-state index in [2.05, 4.69) is 15.9 Å². The van der Waals surface area contributed by atoms with Crippen LogP contribution in [0.2, 0.25) is 0 Å². The van der Waals surface area contributed by atoms with Crippen molar-refractivity contribution in [2.24, 2.45) is 0 Å². The largest absolute Gasteiger partial charge is 0.416 e. The van der Waals surface area contributed by atoms with Gasteiger partial charge >= 0.3 is 6.18 Å². The molecule has 0 saturated carbocycles. The van der Waals surface area contributed by atoms with Gasteiger partial charge in [-0.15, -0.1) is 0 Å². The van der Waals surface area contributed by atoms with Crippen molar-refractivity contribution in [3.05, 3.63) is 33.9 Å². The van der Waals surface area contributed by atoms with Gasteiger partial charge in [0.05, 0.1) is 5.57 Å². The molecule has 0 saturated heterocycles. The Labute approximate surface area is 118 Å². The molecule has 0 aliphatic heterocycles. The Morgan fingerprint density at radius 2 is 2.05 bits per heavy atom. The van der Waals surface area contributed by atoms with Gasteiger partial charge in [-0.1, -0.05) is 22.0 Å². The van der Waals surface area contributed by atoms with Crippen molar-refractivity contribution < 1.29 is 18.0 Å². The van der Waals surface area contributed by atoms with Gasteiger partial charge in [-0.05, 0) is 29.1 Å². The summed E-state index contributed by atoms with van der Waals surface area (Å²) in [5.41, 5.74) is -0.141. The third-order valence-electron chi connectivity index (χ3n) is 2.75. The molecule has 0 aromatic carbocycles. The van der Waals surface area contributed by atoms with Crippen molar-refractivity contribution in [3.63, 3.8) is 0 Å². The van der Waals surface area contributed by atoms with Gasteiger partial charge < -0.3 is 4.90 Å². The molecule has 0 atom stereocenters. The van der Waals surface area contributed by atoms with E-state index in [4.69, 9.17) is 0 Å². The second-order valence-electron chi connectivity index (χ2n) is 4.25. The number of hydrogen-bond acceptors (Lipinski definition) is 1. The van der Waals surface area contributed by atoms with Gasteiger partial charge in [0.15, 0.2) is 0 Å². The summed E-state index contributed by atoms with van der Waals surface area (Å²) in [4.78, 5) is 12.8. The van der Waals surface area contributed by atoms with E-state index in [0.29, 0.717) is 23.0 Å². The lowest BCUT2D eigenvalue weighted by Crippen LogP contribution is -2.30. The lowest BCUT2D eigenvalue weighted by molar-refractivity contribution is -0.128. The molecule has 0 radical (unpaired) electrons. The number of nitrogens with zero attached hydrogens (tertiary/aromatic N) is 1. The van der Waals surface area contributed by atoms with Crippen LogP contribution in [-0.2, 0) is 4.79 Å². The van der Waals surface area contributed by atoms with Crippen molar-refractivity contribution in [1.29, 1.82) is 0 Å². The molecule has 0 aromatic heterocycles. The van der Waals surface area contributed by atoms with Crippen LogP contribution < -0.4 is 0 Å². The zero-order valence-corrected chi connectivity index (χ0v) is 12.3. The number of rotatable bonds is 3. The Hall–Kier alpha value is -1.04. The lowest BCUT2D eigenvalue weighted by Gasteiger charge is -2.21. The molecule has 1 amide bonds. The van der Waals surface area contributed by atoms with Gasteiger partial charge in [0, 0.05) is 26.4 Å². The highest BCUT2D eigenvalue weighted by Gasteiger charge is 2.32. The van der Waals surface area contributed by atoms with E-state index in [-0.39, 0.29) is 12.5 Å². The molecule has 0 bridgehead atoms. The van der Waals surface area contributed by atoms with E-state index in [1.165, 1.54) is 17.9 Å². The van der Waals surface area contributed by atoms with Crippen molar-refractivity contribution in [1.82, 2.24) is 4.90 Å². The van der Waals surface area contributed by atoms with E-state index in [9.17, 15) is 18.0 Å². The lowest BCUT2D eigenvalue weighted by atomic mass is 10.1. The summed E-state index contributed by atoms with van der Waals surface area (Å²) in [5.74, 6) is -0.148. The maximum absolute atomic E-state index is 12.8. The number of amides is 1. The molecule has 19 heavy (non-hydrogen) atoms. The number of allylic oxidation sites excluding steroid dienone is 5. The Morgan fingerprint density at radius 3 is 2.53 bits per heavy atom. The monoisotopic (exact) mass is 337 g/mol. The van der Waals surface area contributed by atoms with E-state index in [1.807, 2.05) is 0 Å². The van der Waals surface area contributed by atoms with Gasteiger partial charge in [0.1, 0.15) is 0 Å². The van der Waals surface area contributed by atoms with Crippen molar-refractivity contribution in [2.45, 2.75) is 26.4 Å². The fraction of sp³-hybridized carbons (Fsp3) is 0.462. The fourth-order valence-corrected chi connectivity index (χ4v) is 2.24. The molecule has 1 rings (SSSR count). The number of halogens is 4. The Morgan fingerprint density at radius 1 is 1.42 bits per heavy atom. The molecule has 1 aliphatic carbocycles. The predicted molar refractivity (Wildman–Crippen MR) is 71.8 cm³/mol. The zero-order chi connectivity index (χ0) is 14.6. The number of alkyl halides is 3. The molecule has 1 aliphatic rings. The van der Waals surface area contributed by atoms with Crippen LogP contribution in [0.1, 0.15) is 20.3 Å². The highest BCUT2D eigenvalue weighted by Crippen LogP contribution is 2.32. The minimum Gasteiger partial charge on any atom is -0.339 e. The SMILES string of the molecule is CCN(CC1=CC(C(F)(F)F)=CC=C(Br)C1)C(C)=O.